The van der Waals surface area contributed by atoms with Crippen molar-refractivity contribution in [2.24, 2.45) is 0 Å². The molecular weight excluding hydrogens is 382 g/mol. The van der Waals surface area contributed by atoms with Crippen LogP contribution < -0.4 is 10.6 Å². The van der Waals surface area contributed by atoms with Crippen LogP contribution in [0.4, 0.5) is 5.69 Å². The Balaban J connectivity index is 1.58. The van der Waals surface area contributed by atoms with Gasteiger partial charge in [-0.3, -0.25) is 14.7 Å². The molecule has 2 heterocycles. The van der Waals surface area contributed by atoms with E-state index in [0.29, 0.717) is 33.9 Å². The van der Waals surface area contributed by atoms with E-state index in [1.54, 1.807) is 30.3 Å². The van der Waals surface area contributed by atoms with Crippen LogP contribution in [-0.2, 0) is 13.0 Å². The van der Waals surface area contributed by atoms with Crippen molar-refractivity contribution in [3.8, 4) is 0 Å². The lowest BCUT2D eigenvalue weighted by atomic mass is 10.2. The molecule has 2 amide bonds. The molecular formula is C18H19N5O2S2. The molecule has 0 bridgehead atoms. The van der Waals surface area contributed by atoms with Crippen molar-refractivity contribution < 1.29 is 9.59 Å². The fourth-order valence-electron chi connectivity index (χ4n) is 2.60. The Kier molecular flexibility index (Phi) is 6.15. The number of benzene rings is 1. The van der Waals surface area contributed by atoms with Gasteiger partial charge in [0.1, 0.15) is 5.82 Å². The van der Waals surface area contributed by atoms with Gasteiger partial charge in [0, 0.05) is 30.8 Å². The third-order valence-electron chi connectivity index (χ3n) is 3.92. The summed E-state index contributed by atoms with van der Waals surface area (Å²) in [5.74, 6) is 0.407. The smallest absolute Gasteiger partial charge is 0.265 e. The van der Waals surface area contributed by atoms with E-state index in [-0.39, 0.29) is 11.8 Å². The number of nitrogens with zero attached hydrogens (tertiary/aromatic N) is 2. The van der Waals surface area contributed by atoms with Crippen LogP contribution in [0.1, 0.15) is 32.8 Å². The zero-order valence-electron chi connectivity index (χ0n) is 14.7. The molecule has 9 heteroatoms. The molecule has 3 aromatic rings. The molecule has 0 spiro atoms. The number of aromatic nitrogens is 3. The second-order valence-corrected chi connectivity index (χ2v) is 7.04. The Morgan fingerprint density at radius 1 is 1.26 bits per heavy atom. The molecule has 0 saturated heterocycles. The number of hydrogen-bond acceptors (Lipinski definition) is 5. The Labute approximate surface area is 165 Å². The summed E-state index contributed by atoms with van der Waals surface area (Å²) in [7, 11) is 0. The molecule has 0 aliphatic rings. The van der Waals surface area contributed by atoms with Crippen molar-refractivity contribution in [2.45, 2.75) is 19.9 Å². The number of rotatable bonds is 7. The molecule has 1 aromatic carbocycles. The number of nitrogens with one attached hydrogen (secondary N) is 3. The van der Waals surface area contributed by atoms with Gasteiger partial charge in [0.15, 0.2) is 4.77 Å². The number of aromatic amines is 1. The number of hydrogen-bond donors (Lipinski definition) is 3. The van der Waals surface area contributed by atoms with Gasteiger partial charge in [-0.1, -0.05) is 12.1 Å². The molecule has 0 atom stereocenters. The van der Waals surface area contributed by atoms with Gasteiger partial charge >= 0.3 is 0 Å². The van der Waals surface area contributed by atoms with E-state index in [1.165, 1.54) is 11.3 Å². The topological polar surface area (TPSA) is 91.8 Å². The average molecular weight is 402 g/mol. The highest BCUT2D eigenvalue weighted by molar-refractivity contribution is 7.71. The molecule has 0 radical (unpaired) electrons. The van der Waals surface area contributed by atoms with E-state index in [2.05, 4.69) is 20.8 Å². The van der Waals surface area contributed by atoms with E-state index in [4.69, 9.17) is 12.2 Å². The maximum atomic E-state index is 12.4. The molecule has 3 N–H and O–H groups in total. The Morgan fingerprint density at radius 3 is 2.85 bits per heavy atom. The first-order valence-corrected chi connectivity index (χ1v) is 9.74. The number of anilines is 1. The van der Waals surface area contributed by atoms with Crippen molar-refractivity contribution in [3.05, 3.63) is 62.8 Å². The monoisotopic (exact) mass is 401 g/mol. The summed E-state index contributed by atoms with van der Waals surface area (Å²) in [6.45, 7) is 3.15. The van der Waals surface area contributed by atoms with Crippen LogP contribution in [0.3, 0.4) is 0 Å². The van der Waals surface area contributed by atoms with E-state index in [1.807, 2.05) is 22.9 Å². The highest BCUT2D eigenvalue weighted by Gasteiger charge is 2.10. The van der Waals surface area contributed by atoms with E-state index in [9.17, 15) is 9.59 Å². The van der Waals surface area contributed by atoms with Crippen LogP contribution in [-0.4, -0.2) is 33.1 Å². The lowest BCUT2D eigenvalue weighted by Crippen LogP contribution is -2.26. The minimum atomic E-state index is -0.209. The van der Waals surface area contributed by atoms with Crippen molar-refractivity contribution in [2.75, 3.05) is 11.9 Å². The van der Waals surface area contributed by atoms with Crippen molar-refractivity contribution in [1.82, 2.24) is 20.1 Å². The molecule has 7 nitrogen and oxygen atoms in total. The standard InChI is InChI=1S/C18H19N5O2S2/c1-2-23-15(21-22-18(23)26)8-9-19-16(24)12-5-3-6-13(11-12)20-17(25)14-7-4-10-27-14/h3-7,10-11H,2,8-9H2,1H3,(H,19,24)(H,20,25)(H,22,26). The summed E-state index contributed by atoms with van der Waals surface area (Å²) in [5.41, 5.74) is 1.06. The summed E-state index contributed by atoms with van der Waals surface area (Å²) in [6, 6.07) is 10.4. The molecule has 2 aromatic heterocycles. The molecule has 0 aliphatic heterocycles. The Hall–Kier alpha value is -2.78. The van der Waals surface area contributed by atoms with Crippen molar-refractivity contribution in [3.63, 3.8) is 0 Å². The Bertz CT molecular complexity index is 991. The SMILES string of the molecule is CCn1c(CCNC(=O)c2cccc(NC(=O)c3cccs3)c2)n[nH]c1=S. The van der Waals surface area contributed by atoms with Crippen LogP contribution in [0.25, 0.3) is 0 Å². The van der Waals surface area contributed by atoms with Gasteiger partial charge in [-0.05, 0) is 48.8 Å². The molecule has 27 heavy (non-hydrogen) atoms. The first kappa shape index (κ1) is 19.0. The van der Waals surface area contributed by atoms with Gasteiger partial charge in [0.2, 0.25) is 0 Å². The van der Waals surface area contributed by atoms with Crippen LogP contribution >= 0.6 is 23.6 Å². The lowest BCUT2D eigenvalue weighted by Gasteiger charge is -2.08. The van der Waals surface area contributed by atoms with E-state index in [0.717, 1.165) is 12.4 Å². The second-order valence-electron chi connectivity index (χ2n) is 5.71. The number of carbonyl (C=O) groups is 2. The highest BCUT2D eigenvalue weighted by Crippen LogP contribution is 2.15. The van der Waals surface area contributed by atoms with Crippen LogP contribution in [0.5, 0.6) is 0 Å². The molecule has 140 valence electrons. The highest BCUT2D eigenvalue weighted by atomic mass is 32.1. The van der Waals surface area contributed by atoms with E-state index >= 15 is 0 Å². The van der Waals surface area contributed by atoms with Gasteiger partial charge in [-0.15, -0.1) is 11.3 Å². The first-order valence-electron chi connectivity index (χ1n) is 8.45. The average Bonchev–Trinajstić information content (AvgIpc) is 3.32. The summed E-state index contributed by atoms with van der Waals surface area (Å²) in [6.07, 6.45) is 0.571. The number of H-pyrrole nitrogens is 1. The van der Waals surface area contributed by atoms with Gasteiger partial charge in [0.05, 0.1) is 4.88 Å². The van der Waals surface area contributed by atoms with Crippen LogP contribution in [0.15, 0.2) is 41.8 Å². The minimum absolute atomic E-state index is 0.190. The second kappa shape index (κ2) is 8.74. The zero-order chi connectivity index (χ0) is 19.2. The zero-order valence-corrected chi connectivity index (χ0v) is 16.3. The summed E-state index contributed by atoms with van der Waals surface area (Å²) in [5, 5.41) is 14.4. The quantitative estimate of drug-likeness (QED) is 0.530. The molecule has 0 aliphatic carbocycles. The number of carbonyl (C=O) groups excluding carboxylic acids is 2. The largest absolute Gasteiger partial charge is 0.352 e. The fourth-order valence-corrected chi connectivity index (χ4v) is 3.49. The number of thiophene rings is 1. The lowest BCUT2D eigenvalue weighted by molar-refractivity contribution is 0.0952. The minimum Gasteiger partial charge on any atom is -0.352 e. The van der Waals surface area contributed by atoms with Gasteiger partial charge < -0.3 is 15.2 Å². The first-order chi connectivity index (χ1) is 13.1. The van der Waals surface area contributed by atoms with Gasteiger partial charge in [0.25, 0.3) is 11.8 Å². The van der Waals surface area contributed by atoms with Gasteiger partial charge in [-0.2, -0.15) is 5.10 Å². The molecule has 0 unspecified atom stereocenters. The van der Waals surface area contributed by atoms with Crippen molar-refractivity contribution >= 4 is 41.1 Å². The number of amides is 2. The molecule has 0 saturated carbocycles. The predicted molar refractivity (Wildman–Crippen MR) is 108 cm³/mol. The van der Waals surface area contributed by atoms with E-state index < -0.39 is 0 Å². The normalized spacial score (nSPS) is 10.6. The van der Waals surface area contributed by atoms with Crippen LogP contribution in [0.2, 0.25) is 0 Å². The van der Waals surface area contributed by atoms with Crippen molar-refractivity contribution in [1.29, 1.82) is 0 Å². The fraction of sp³-hybridized carbons (Fsp3) is 0.222. The maximum Gasteiger partial charge on any atom is 0.265 e. The summed E-state index contributed by atoms with van der Waals surface area (Å²) < 4.78 is 2.47. The molecule has 0 fully saturated rings. The van der Waals surface area contributed by atoms with Gasteiger partial charge in [-0.25, -0.2) is 0 Å². The predicted octanol–water partition coefficient (Wildman–Crippen LogP) is 3.25. The third kappa shape index (κ3) is 4.69. The van der Waals surface area contributed by atoms with Crippen LogP contribution in [0, 0.1) is 4.77 Å². The summed E-state index contributed by atoms with van der Waals surface area (Å²) >= 11 is 6.52. The maximum absolute atomic E-state index is 12.4. The Morgan fingerprint density at radius 2 is 2.11 bits per heavy atom. The summed E-state index contributed by atoms with van der Waals surface area (Å²) in [4.78, 5) is 25.1. The molecule has 3 rings (SSSR count). The third-order valence-corrected chi connectivity index (χ3v) is 5.10.